The van der Waals surface area contributed by atoms with E-state index in [1.807, 2.05) is 30.3 Å². The zero-order valence-corrected chi connectivity index (χ0v) is 25.6. The molecular weight excluding hydrogens is 626 g/mol. The van der Waals surface area contributed by atoms with Gasteiger partial charge >= 0.3 is 17.9 Å². The third kappa shape index (κ3) is 10.4. The summed E-state index contributed by atoms with van der Waals surface area (Å²) < 4.78 is 7.64. The molecule has 4 aromatic carbocycles. The molecule has 5 aromatic rings. The van der Waals surface area contributed by atoms with Crippen molar-refractivity contribution in [3.05, 3.63) is 149 Å². The summed E-state index contributed by atoms with van der Waals surface area (Å²) in [4.78, 5) is 30.6. The zero-order chi connectivity index (χ0) is 34.3. The SMILES string of the molecule is O=C(O)c1ccccc1.O=C(O)c1ccccc1.O=C(O)c1ccccc1.OC[C@H]1O[C@@H](n2ccc3ccccc3c2=S)[C@H](O)[C@@H]1O. The topological polar surface area (TPSA) is 187 Å². The fraction of sp³-hybridized carbons (Fsp3) is 0.143. The quantitative estimate of drug-likeness (QED) is 0.137. The van der Waals surface area contributed by atoms with E-state index in [1.54, 1.807) is 102 Å². The number of aliphatic hydroxyl groups excluding tert-OH is 3. The number of benzene rings is 4. The van der Waals surface area contributed by atoms with Crippen LogP contribution >= 0.6 is 12.2 Å². The largest absolute Gasteiger partial charge is 0.478 e. The van der Waals surface area contributed by atoms with E-state index >= 15 is 0 Å². The molecule has 47 heavy (non-hydrogen) atoms. The number of carboxylic acid groups (broad SMARTS) is 3. The Morgan fingerprint density at radius 2 is 1.02 bits per heavy atom. The molecule has 1 aliphatic heterocycles. The van der Waals surface area contributed by atoms with Gasteiger partial charge in [0, 0.05) is 11.6 Å². The summed E-state index contributed by atoms with van der Waals surface area (Å²) in [6, 6.07) is 34.4. The van der Waals surface area contributed by atoms with Crippen molar-refractivity contribution >= 4 is 40.9 Å². The minimum Gasteiger partial charge on any atom is -0.478 e. The monoisotopic (exact) mass is 659 g/mol. The van der Waals surface area contributed by atoms with Gasteiger partial charge in [-0.15, -0.1) is 0 Å². The summed E-state index contributed by atoms with van der Waals surface area (Å²) in [6.07, 6.45) is -2.12. The van der Waals surface area contributed by atoms with Crippen LogP contribution in [0.25, 0.3) is 10.8 Å². The van der Waals surface area contributed by atoms with Gasteiger partial charge in [0.15, 0.2) is 6.23 Å². The summed E-state index contributed by atoms with van der Waals surface area (Å²) in [5.41, 5.74) is 0.993. The van der Waals surface area contributed by atoms with Crippen molar-refractivity contribution in [1.82, 2.24) is 4.57 Å². The first-order valence-corrected chi connectivity index (χ1v) is 14.5. The first-order chi connectivity index (χ1) is 22.5. The number of fused-ring (bicyclic) bond motifs is 1. The van der Waals surface area contributed by atoms with Crippen LogP contribution in [0.3, 0.4) is 0 Å². The lowest BCUT2D eigenvalue weighted by atomic mass is 10.1. The van der Waals surface area contributed by atoms with Crippen molar-refractivity contribution < 1.29 is 49.8 Å². The molecule has 2 heterocycles. The average molecular weight is 660 g/mol. The number of ether oxygens (including phenoxy) is 1. The Morgan fingerprint density at radius 3 is 1.38 bits per heavy atom. The van der Waals surface area contributed by atoms with Crippen molar-refractivity contribution in [1.29, 1.82) is 0 Å². The number of aromatic nitrogens is 1. The highest BCUT2D eigenvalue weighted by molar-refractivity contribution is 7.71. The third-order valence-electron chi connectivity index (χ3n) is 6.69. The molecule has 0 unspecified atom stereocenters. The maximum Gasteiger partial charge on any atom is 0.335 e. The summed E-state index contributed by atoms with van der Waals surface area (Å²) in [5, 5.41) is 56.0. The molecule has 0 aliphatic carbocycles. The number of rotatable bonds is 5. The van der Waals surface area contributed by atoms with Crippen LogP contribution in [0.4, 0.5) is 0 Å². The molecule has 0 spiro atoms. The molecular formula is C35H33NO10S. The molecule has 6 N–H and O–H groups in total. The van der Waals surface area contributed by atoms with Gasteiger partial charge in [-0.05, 0) is 47.9 Å². The second-order valence-electron chi connectivity index (χ2n) is 9.86. The van der Waals surface area contributed by atoms with E-state index in [1.165, 1.54) is 0 Å². The Balaban J connectivity index is 0.000000187. The molecule has 0 amide bonds. The lowest BCUT2D eigenvalue weighted by Gasteiger charge is -2.19. The molecule has 1 fully saturated rings. The summed E-state index contributed by atoms with van der Waals surface area (Å²) in [7, 11) is 0. The van der Waals surface area contributed by atoms with E-state index < -0.39 is 42.4 Å². The second kappa shape index (κ2) is 18.0. The molecule has 4 atom stereocenters. The first-order valence-electron chi connectivity index (χ1n) is 14.1. The Labute approximate surface area is 274 Å². The third-order valence-corrected chi connectivity index (χ3v) is 7.12. The molecule has 1 saturated heterocycles. The van der Waals surface area contributed by atoms with E-state index in [0.29, 0.717) is 21.3 Å². The summed E-state index contributed by atoms with van der Waals surface area (Å²) in [6.45, 7) is -0.352. The van der Waals surface area contributed by atoms with Crippen molar-refractivity contribution in [3.63, 3.8) is 0 Å². The molecule has 0 saturated carbocycles. The molecule has 6 rings (SSSR count). The van der Waals surface area contributed by atoms with Gasteiger partial charge in [0.25, 0.3) is 0 Å². The second-order valence-corrected chi connectivity index (χ2v) is 10.2. The number of aliphatic hydroxyl groups is 3. The summed E-state index contributed by atoms with van der Waals surface area (Å²) in [5.74, 6) is -2.64. The molecule has 244 valence electrons. The standard InChI is InChI=1S/C14H15NO4S.3C7H6O2/c16-7-10-11(17)12(18)13(19-10)15-6-5-8-3-1-2-4-9(8)14(15)20;3*8-7(9)6-4-2-1-3-5-6/h1-6,10-13,16-18H,7H2;3*1-5H,(H,8,9)/t10-,11-,12-,13-;;;/m1.../s1. The average Bonchev–Trinajstić information content (AvgIpc) is 3.39. The number of nitrogens with zero attached hydrogens (tertiary/aromatic N) is 1. The van der Waals surface area contributed by atoms with Gasteiger partial charge in [0.1, 0.15) is 23.0 Å². The molecule has 1 aromatic heterocycles. The smallest absolute Gasteiger partial charge is 0.335 e. The van der Waals surface area contributed by atoms with Gasteiger partial charge in [-0.25, -0.2) is 14.4 Å². The van der Waals surface area contributed by atoms with Crippen LogP contribution in [0.1, 0.15) is 37.3 Å². The van der Waals surface area contributed by atoms with E-state index in [4.69, 9.17) is 37.4 Å². The van der Waals surface area contributed by atoms with Crippen LogP contribution in [-0.2, 0) is 4.74 Å². The van der Waals surface area contributed by atoms with E-state index in [-0.39, 0.29) is 6.61 Å². The number of carbonyl (C=O) groups is 3. The zero-order valence-electron chi connectivity index (χ0n) is 24.8. The predicted molar refractivity (Wildman–Crippen MR) is 176 cm³/mol. The van der Waals surface area contributed by atoms with Crippen LogP contribution in [0.2, 0.25) is 0 Å². The minimum atomic E-state index is -1.13. The number of hydrogen-bond donors (Lipinski definition) is 6. The fourth-order valence-corrected chi connectivity index (χ4v) is 4.61. The van der Waals surface area contributed by atoms with Crippen molar-refractivity contribution in [2.75, 3.05) is 6.61 Å². The first kappa shape index (κ1) is 36.2. The van der Waals surface area contributed by atoms with Gasteiger partial charge in [0.05, 0.1) is 23.3 Å². The van der Waals surface area contributed by atoms with Crippen LogP contribution in [0.15, 0.2) is 128 Å². The number of carboxylic acids is 3. The highest BCUT2D eigenvalue weighted by Gasteiger charge is 2.43. The van der Waals surface area contributed by atoms with Crippen LogP contribution in [-0.4, -0.2) is 78.0 Å². The molecule has 0 radical (unpaired) electrons. The summed E-state index contributed by atoms with van der Waals surface area (Å²) >= 11 is 5.42. The molecule has 11 nitrogen and oxygen atoms in total. The van der Waals surface area contributed by atoms with E-state index in [9.17, 15) is 24.6 Å². The number of pyridine rings is 1. The number of hydrogen-bond acceptors (Lipinski definition) is 8. The lowest BCUT2D eigenvalue weighted by Crippen LogP contribution is -2.33. The van der Waals surface area contributed by atoms with Gasteiger partial charge in [-0.1, -0.05) is 91.1 Å². The van der Waals surface area contributed by atoms with Crippen LogP contribution < -0.4 is 0 Å². The molecule has 0 bridgehead atoms. The Morgan fingerprint density at radius 1 is 0.617 bits per heavy atom. The fourth-order valence-electron chi connectivity index (χ4n) is 4.26. The van der Waals surface area contributed by atoms with Gasteiger partial charge < -0.3 is 39.9 Å². The van der Waals surface area contributed by atoms with Gasteiger partial charge in [0.2, 0.25) is 0 Å². The normalized spacial score (nSPS) is 17.9. The van der Waals surface area contributed by atoms with Crippen molar-refractivity contribution in [2.24, 2.45) is 0 Å². The molecule has 1 aliphatic rings. The maximum absolute atomic E-state index is 10.2. The van der Waals surface area contributed by atoms with Gasteiger partial charge in [-0.3, -0.25) is 0 Å². The Bertz CT molecular complexity index is 1680. The highest BCUT2D eigenvalue weighted by atomic mass is 32.1. The Hall–Kier alpha value is -5.24. The van der Waals surface area contributed by atoms with Crippen LogP contribution in [0, 0.1) is 4.64 Å². The maximum atomic E-state index is 10.2. The van der Waals surface area contributed by atoms with Crippen LogP contribution in [0.5, 0.6) is 0 Å². The van der Waals surface area contributed by atoms with E-state index in [2.05, 4.69) is 0 Å². The molecule has 12 heteroatoms. The van der Waals surface area contributed by atoms with Crippen molar-refractivity contribution in [3.8, 4) is 0 Å². The Kier molecular flexibility index (Phi) is 13.9. The predicted octanol–water partition coefficient (Wildman–Crippen LogP) is 5.14. The highest BCUT2D eigenvalue weighted by Crippen LogP contribution is 2.30. The number of aromatic carboxylic acids is 3. The van der Waals surface area contributed by atoms with Crippen molar-refractivity contribution in [2.45, 2.75) is 24.5 Å². The van der Waals surface area contributed by atoms with Gasteiger partial charge in [-0.2, -0.15) is 0 Å². The minimum absolute atomic E-state index is 0.331. The van der Waals surface area contributed by atoms with E-state index in [0.717, 1.165) is 10.8 Å². The lowest BCUT2D eigenvalue weighted by molar-refractivity contribution is -0.0533.